The average Bonchev–Trinajstić information content (AvgIpc) is 3.01. The monoisotopic (exact) mass is 301 g/mol. The van der Waals surface area contributed by atoms with Gasteiger partial charge in [0.2, 0.25) is 5.88 Å². The molecule has 114 valence electrons. The van der Waals surface area contributed by atoms with Crippen LogP contribution in [0.25, 0.3) is 22.3 Å². The standard InChI is InChI=1S/C15H15N3O4/c1-8-6-11(22-7-12(19)20)16-15-13(8)14(17-18(15)3)10-4-5-21-9(10)2/h4-6H,7H2,1-3H3,(H,19,20). The number of nitrogens with zero attached hydrogens (tertiary/aromatic N) is 3. The topological polar surface area (TPSA) is 90.4 Å². The Kier molecular flexibility index (Phi) is 3.32. The predicted octanol–water partition coefficient (Wildman–Crippen LogP) is 2.31. The summed E-state index contributed by atoms with van der Waals surface area (Å²) >= 11 is 0. The highest BCUT2D eigenvalue weighted by Crippen LogP contribution is 2.33. The molecule has 3 rings (SSSR count). The van der Waals surface area contributed by atoms with E-state index >= 15 is 0 Å². The molecule has 0 fully saturated rings. The molecule has 0 aliphatic carbocycles. The molecule has 0 atom stereocenters. The minimum atomic E-state index is -1.04. The molecule has 0 aliphatic rings. The molecule has 0 unspecified atom stereocenters. The molecule has 3 aromatic rings. The zero-order valence-corrected chi connectivity index (χ0v) is 12.5. The van der Waals surface area contributed by atoms with Gasteiger partial charge >= 0.3 is 5.97 Å². The molecule has 0 amide bonds. The summed E-state index contributed by atoms with van der Waals surface area (Å²) < 4.78 is 12.2. The van der Waals surface area contributed by atoms with Gasteiger partial charge in [-0.2, -0.15) is 10.1 Å². The number of hydrogen-bond donors (Lipinski definition) is 1. The summed E-state index contributed by atoms with van der Waals surface area (Å²) in [6.07, 6.45) is 1.62. The SMILES string of the molecule is Cc1occc1-c1nn(C)c2nc(OCC(=O)O)cc(C)c12. The van der Waals surface area contributed by atoms with E-state index in [1.54, 1.807) is 24.1 Å². The Bertz CT molecular complexity index is 863. The Hall–Kier alpha value is -2.83. The van der Waals surface area contributed by atoms with Gasteiger partial charge in [0, 0.05) is 18.7 Å². The van der Waals surface area contributed by atoms with Crippen LogP contribution in [0.3, 0.4) is 0 Å². The average molecular weight is 301 g/mol. The molecule has 7 nitrogen and oxygen atoms in total. The number of furan rings is 1. The van der Waals surface area contributed by atoms with Gasteiger partial charge in [-0.3, -0.25) is 0 Å². The van der Waals surface area contributed by atoms with E-state index in [0.717, 1.165) is 28.0 Å². The number of carboxylic acid groups (broad SMARTS) is 1. The molecule has 7 heteroatoms. The van der Waals surface area contributed by atoms with Crippen molar-refractivity contribution in [3.05, 3.63) is 29.7 Å². The van der Waals surface area contributed by atoms with Crippen LogP contribution in [0.1, 0.15) is 11.3 Å². The number of aliphatic carboxylic acids is 1. The maximum absolute atomic E-state index is 10.6. The van der Waals surface area contributed by atoms with Crippen molar-refractivity contribution >= 4 is 17.0 Å². The molecule has 3 aromatic heterocycles. The molecule has 0 aliphatic heterocycles. The third-order valence-electron chi connectivity index (χ3n) is 3.42. The highest BCUT2D eigenvalue weighted by Gasteiger charge is 2.18. The molecule has 0 saturated carbocycles. The van der Waals surface area contributed by atoms with Gasteiger partial charge in [0.05, 0.1) is 11.6 Å². The molecular formula is C15H15N3O4. The van der Waals surface area contributed by atoms with E-state index in [0.29, 0.717) is 5.65 Å². The van der Waals surface area contributed by atoms with Crippen molar-refractivity contribution in [3.63, 3.8) is 0 Å². The molecular weight excluding hydrogens is 286 g/mol. The number of carbonyl (C=O) groups is 1. The number of hydrogen-bond acceptors (Lipinski definition) is 5. The third-order valence-corrected chi connectivity index (χ3v) is 3.42. The highest BCUT2D eigenvalue weighted by atomic mass is 16.5. The van der Waals surface area contributed by atoms with Gasteiger partial charge in [-0.05, 0) is 25.5 Å². The molecule has 22 heavy (non-hydrogen) atoms. The normalized spacial score (nSPS) is 11.0. The van der Waals surface area contributed by atoms with Gasteiger partial charge in [-0.25, -0.2) is 9.48 Å². The van der Waals surface area contributed by atoms with Crippen LogP contribution in [-0.2, 0) is 11.8 Å². The minimum absolute atomic E-state index is 0.269. The smallest absolute Gasteiger partial charge is 0.341 e. The van der Waals surface area contributed by atoms with Crippen molar-refractivity contribution in [2.24, 2.45) is 7.05 Å². The number of fused-ring (bicyclic) bond motifs is 1. The van der Waals surface area contributed by atoms with E-state index in [1.165, 1.54) is 0 Å². The second kappa shape index (κ2) is 5.18. The first-order valence-corrected chi connectivity index (χ1v) is 6.70. The lowest BCUT2D eigenvalue weighted by molar-refractivity contribution is -0.139. The second-order valence-electron chi connectivity index (χ2n) is 5.02. The van der Waals surface area contributed by atoms with Gasteiger partial charge in [0.25, 0.3) is 0 Å². The lowest BCUT2D eigenvalue weighted by atomic mass is 10.1. The van der Waals surface area contributed by atoms with Crippen LogP contribution in [0.5, 0.6) is 5.88 Å². The van der Waals surface area contributed by atoms with E-state index in [-0.39, 0.29) is 5.88 Å². The van der Waals surface area contributed by atoms with Gasteiger partial charge in [-0.1, -0.05) is 0 Å². The van der Waals surface area contributed by atoms with Gasteiger partial charge in [-0.15, -0.1) is 0 Å². The van der Waals surface area contributed by atoms with Crippen LogP contribution in [-0.4, -0.2) is 32.4 Å². The van der Waals surface area contributed by atoms with Crippen molar-refractivity contribution < 1.29 is 19.1 Å². The summed E-state index contributed by atoms with van der Waals surface area (Å²) in [7, 11) is 1.79. The number of aryl methyl sites for hydroxylation is 3. The van der Waals surface area contributed by atoms with Crippen LogP contribution >= 0.6 is 0 Å². The zero-order valence-electron chi connectivity index (χ0n) is 12.5. The Morgan fingerprint density at radius 3 is 2.86 bits per heavy atom. The Balaban J connectivity index is 2.15. The summed E-state index contributed by atoms with van der Waals surface area (Å²) in [4.78, 5) is 15.0. The number of pyridine rings is 1. The summed E-state index contributed by atoms with van der Waals surface area (Å²) in [6.45, 7) is 3.37. The lowest BCUT2D eigenvalue weighted by Gasteiger charge is -2.05. The second-order valence-corrected chi connectivity index (χ2v) is 5.02. The Morgan fingerprint density at radius 1 is 1.45 bits per heavy atom. The van der Waals surface area contributed by atoms with E-state index in [9.17, 15) is 4.79 Å². The molecule has 0 aromatic carbocycles. The van der Waals surface area contributed by atoms with Crippen LogP contribution in [0, 0.1) is 13.8 Å². The fraction of sp³-hybridized carbons (Fsp3) is 0.267. The fourth-order valence-corrected chi connectivity index (χ4v) is 2.43. The van der Waals surface area contributed by atoms with Crippen molar-refractivity contribution in [3.8, 4) is 17.1 Å². The van der Waals surface area contributed by atoms with Crippen molar-refractivity contribution in [1.29, 1.82) is 0 Å². The molecule has 0 radical (unpaired) electrons. The first-order valence-electron chi connectivity index (χ1n) is 6.70. The maximum Gasteiger partial charge on any atom is 0.341 e. The summed E-state index contributed by atoms with van der Waals surface area (Å²) in [5.41, 5.74) is 3.25. The van der Waals surface area contributed by atoms with E-state index in [4.69, 9.17) is 14.3 Å². The first kappa shape index (κ1) is 14.1. The fourth-order valence-electron chi connectivity index (χ4n) is 2.43. The maximum atomic E-state index is 10.6. The lowest BCUT2D eigenvalue weighted by Crippen LogP contribution is -2.10. The minimum Gasteiger partial charge on any atom is -0.479 e. The van der Waals surface area contributed by atoms with Crippen molar-refractivity contribution in [1.82, 2.24) is 14.8 Å². The zero-order chi connectivity index (χ0) is 15.9. The van der Waals surface area contributed by atoms with Crippen molar-refractivity contribution in [2.75, 3.05) is 6.61 Å². The summed E-state index contributed by atoms with van der Waals surface area (Å²) in [5, 5.41) is 14.1. The van der Waals surface area contributed by atoms with Crippen molar-refractivity contribution in [2.45, 2.75) is 13.8 Å². The summed E-state index contributed by atoms with van der Waals surface area (Å²) in [5.74, 6) is 0.00994. The quantitative estimate of drug-likeness (QED) is 0.795. The van der Waals surface area contributed by atoms with Crippen LogP contribution < -0.4 is 4.74 Å². The van der Waals surface area contributed by atoms with Crippen LogP contribution in [0.2, 0.25) is 0 Å². The van der Waals surface area contributed by atoms with Gasteiger partial charge in [0.1, 0.15) is 11.5 Å². The number of aromatic nitrogens is 3. The van der Waals surface area contributed by atoms with E-state index in [2.05, 4.69) is 10.1 Å². The van der Waals surface area contributed by atoms with E-state index < -0.39 is 12.6 Å². The van der Waals surface area contributed by atoms with Crippen LogP contribution in [0.15, 0.2) is 22.8 Å². The molecule has 0 saturated heterocycles. The van der Waals surface area contributed by atoms with E-state index in [1.807, 2.05) is 19.9 Å². The largest absolute Gasteiger partial charge is 0.479 e. The first-order chi connectivity index (χ1) is 10.5. The molecule has 0 spiro atoms. The Morgan fingerprint density at radius 2 is 2.23 bits per heavy atom. The number of carboxylic acids is 1. The van der Waals surface area contributed by atoms with Crippen LogP contribution in [0.4, 0.5) is 0 Å². The number of rotatable bonds is 4. The van der Waals surface area contributed by atoms with Gasteiger partial charge < -0.3 is 14.3 Å². The highest BCUT2D eigenvalue weighted by molar-refractivity contribution is 5.94. The molecule has 0 bridgehead atoms. The predicted molar refractivity (Wildman–Crippen MR) is 78.8 cm³/mol. The molecule has 3 heterocycles. The molecule has 1 N–H and O–H groups in total. The Labute approximate surface area is 126 Å². The summed E-state index contributed by atoms with van der Waals surface area (Å²) in [6, 6.07) is 3.58. The van der Waals surface area contributed by atoms with Gasteiger partial charge in [0.15, 0.2) is 12.3 Å². The number of ether oxygens (including phenoxy) is 1. The third kappa shape index (κ3) is 2.30.